The Hall–Kier alpha value is -2.21. The summed E-state index contributed by atoms with van der Waals surface area (Å²) >= 11 is 0. The van der Waals surface area contributed by atoms with Gasteiger partial charge in [0.05, 0.1) is 0 Å². The van der Waals surface area contributed by atoms with Crippen LogP contribution in [0.1, 0.15) is 11.1 Å². The molecule has 1 N–H and O–H groups in total. The summed E-state index contributed by atoms with van der Waals surface area (Å²) in [5.41, 5.74) is 0.294. The second kappa shape index (κ2) is 5.83. The molecule has 0 aliphatic carbocycles. The topological polar surface area (TPSA) is 56.0 Å². The minimum absolute atomic E-state index is 0.273. The molecule has 0 unspecified atom stereocenters. The van der Waals surface area contributed by atoms with Gasteiger partial charge in [0, 0.05) is 44.5 Å². The van der Waals surface area contributed by atoms with Crippen LogP contribution >= 0.6 is 0 Å². The zero-order valence-corrected chi connectivity index (χ0v) is 11.4. The number of nitrogens with one attached hydrogen (secondary N) is 1. The van der Waals surface area contributed by atoms with Gasteiger partial charge in [-0.1, -0.05) is 18.2 Å². The molecule has 0 amide bonds. The second-order valence-corrected chi connectivity index (χ2v) is 4.61. The van der Waals surface area contributed by atoms with Crippen molar-refractivity contribution in [3.8, 4) is 0 Å². The number of hydrogen-bond acceptors (Lipinski definition) is 3. The Morgan fingerprint density at radius 2 is 1.75 bits per heavy atom. The molecule has 106 valence electrons. The van der Waals surface area contributed by atoms with Crippen molar-refractivity contribution in [3.05, 3.63) is 68.2 Å². The van der Waals surface area contributed by atoms with Gasteiger partial charge in [0.2, 0.25) is 0 Å². The molecule has 5 nitrogen and oxygen atoms in total. The Balaban J connectivity index is 2.11. The van der Waals surface area contributed by atoms with Crippen molar-refractivity contribution in [3.63, 3.8) is 0 Å². The van der Waals surface area contributed by atoms with Gasteiger partial charge in [0.15, 0.2) is 0 Å². The van der Waals surface area contributed by atoms with Crippen LogP contribution in [0.5, 0.6) is 0 Å². The highest BCUT2D eigenvalue weighted by Crippen LogP contribution is 2.05. The van der Waals surface area contributed by atoms with E-state index in [4.69, 9.17) is 0 Å². The average Bonchev–Trinajstić information content (AvgIpc) is 2.44. The molecule has 1 aromatic carbocycles. The van der Waals surface area contributed by atoms with E-state index in [2.05, 4.69) is 5.32 Å². The van der Waals surface area contributed by atoms with Crippen LogP contribution in [0, 0.1) is 5.82 Å². The van der Waals surface area contributed by atoms with Gasteiger partial charge in [-0.2, -0.15) is 0 Å². The summed E-state index contributed by atoms with van der Waals surface area (Å²) in [4.78, 5) is 23.4. The van der Waals surface area contributed by atoms with Crippen LogP contribution in [0.2, 0.25) is 0 Å². The van der Waals surface area contributed by atoms with E-state index in [9.17, 15) is 14.0 Å². The van der Waals surface area contributed by atoms with Gasteiger partial charge in [0.25, 0.3) is 5.56 Å². The van der Waals surface area contributed by atoms with Gasteiger partial charge >= 0.3 is 5.69 Å². The van der Waals surface area contributed by atoms with E-state index in [1.54, 1.807) is 25.2 Å². The molecule has 2 rings (SSSR count). The minimum atomic E-state index is -0.368. The molecule has 2 aromatic rings. The number of rotatable bonds is 4. The first kappa shape index (κ1) is 14.2. The summed E-state index contributed by atoms with van der Waals surface area (Å²) < 4.78 is 15.8. The molecule has 20 heavy (non-hydrogen) atoms. The third kappa shape index (κ3) is 2.85. The normalized spacial score (nSPS) is 10.8. The Bertz CT molecular complexity index is 734. The number of hydrogen-bond donors (Lipinski definition) is 1. The van der Waals surface area contributed by atoms with Crippen molar-refractivity contribution in [1.29, 1.82) is 0 Å². The van der Waals surface area contributed by atoms with Crippen LogP contribution in [0.25, 0.3) is 0 Å². The van der Waals surface area contributed by atoms with Crippen molar-refractivity contribution in [1.82, 2.24) is 14.5 Å². The zero-order chi connectivity index (χ0) is 14.7. The van der Waals surface area contributed by atoms with Crippen molar-refractivity contribution in [2.75, 3.05) is 0 Å². The molecular weight excluding hydrogens is 261 g/mol. The lowest BCUT2D eigenvalue weighted by Gasteiger charge is -2.08. The quantitative estimate of drug-likeness (QED) is 0.886. The minimum Gasteiger partial charge on any atom is -0.308 e. The summed E-state index contributed by atoms with van der Waals surface area (Å²) in [6, 6.07) is 6.45. The predicted molar refractivity (Wildman–Crippen MR) is 73.9 cm³/mol. The van der Waals surface area contributed by atoms with Crippen LogP contribution in [-0.2, 0) is 27.2 Å². The van der Waals surface area contributed by atoms with Crippen LogP contribution in [0.3, 0.4) is 0 Å². The molecular formula is C14H16FN3O2. The molecule has 1 aromatic heterocycles. The summed E-state index contributed by atoms with van der Waals surface area (Å²) in [5, 5.41) is 3.00. The maximum atomic E-state index is 13.4. The highest BCUT2D eigenvalue weighted by Gasteiger charge is 2.07. The smallest absolute Gasteiger partial charge is 0.308 e. The first-order valence-corrected chi connectivity index (χ1v) is 6.20. The third-order valence-electron chi connectivity index (χ3n) is 3.11. The molecule has 0 radical (unpaired) electrons. The van der Waals surface area contributed by atoms with Crippen LogP contribution < -0.4 is 16.6 Å². The summed E-state index contributed by atoms with van der Waals surface area (Å²) in [6.07, 6.45) is 1.50. The van der Waals surface area contributed by atoms with Crippen LogP contribution in [-0.4, -0.2) is 9.13 Å². The lowest BCUT2D eigenvalue weighted by molar-refractivity contribution is 0.581. The SMILES string of the molecule is Cn1cc(CNCc2ccccc2F)c(=O)n(C)c1=O. The third-order valence-corrected chi connectivity index (χ3v) is 3.11. The Morgan fingerprint density at radius 3 is 2.45 bits per heavy atom. The van der Waals surface area contributed by atoms with Gasteiger partial charge in [0.1, 0.15) is 5.82 Å². The molecule has 0 spiro atoms. The Labute approximate surface area is 115 Å². The molecule has 0 atom stereocenters. The van der Waals surface area contributed by atoms with E-state index in [-0.39, 0.29) is 23.6 Å². The molecule has 0 aliphatic heterocycles. The molecule has 1 heterocycles. The second-order valence-electron chi connectivity index (χ2n) is 4.61. The molecule has 0 saturated carbocycles. The summed E-state index contributed by atoms with van der Waals surface area (Å²) in [5.74, 6) is -0.284. The molecule has 0 bridgehead atoms. The first-order valence-electron chi connectivity index (χ1n) is 6.20. The van der Waals surface area contributed by atoms with Gasteiger partial charge in [-0.3, -0.25) is 9.36 Å². The molecule has 0 saturated heterocycles. The fourth-order valence-electron chi connectivity index (χ4n) is 1.98. The van der Waals surface area contributed by atoms with E-state index in [1.807, 2.05) is 0 Å². The van der Waals surface area contributed by atoms with Crippen molar-refractivity contribution in [2.45, 2.75) is 13.1 Å². The first-order chi connectivity index (χ1) is 9.50. The van der Waals surface area contributed by atoms with Crippen molar-refractivity contribution >= 4 is 0 Å². The zero-order valence-electron chi connectivity index (χ0n) is 11.4. The van der Waals surface area contributed by atoms with Gasteiger partial charge in [-0.25, -0.2) is 9.18 Å². The number of nitrogens with zero attached hydrogens (tertiary/aromatic N) is 2. The van der Waals surface area contributed by atoms with Crippen molar-refractivity contribution < 1.29 is 4.39 Å². The summed E-state index contributed by atoms with van der Waals surface area (Å²) in [6.45, 7) is 0.591. The highest BCUT2D eigenvalue weighted by molar-refractivity contribution is 5.17. The largest absolute Gasteiger partial charge is 0.330 e. The maximum absolute atomic E-state index is 13.4. The number of aryl methyl sites for hydroxylation is 1. The van der Waals surface area contributed by atoms with E-state index in [1.165, 1.54) is 23.9 Å². The van der Waals surface area contributed by atoms with E-state index in [0.29, 0.717) is 17.7 Å². The lowest BCUT2D eigenvalue weighted by Crippen LogP contribution is -2.39. The molecule has 0 fully saturated rings. The predicted octanol–water partition coefficient (Wildman–Crippen LogP) is 0.513. The monoisotopic (exact) mass is 277 g/mol. The summed E-state index contributed by atoms with van der Waals surface area (Å²) in [7, 11) is 3.02. The van der Waals surface area contributed by atoms with Crippen molar-refractivity contribution in [2.24, 2.45) is 14.1 Å². The highest BCUT2D eigenvalue weighted by atomic mass is 19.1. The fourth-order valence-corrected chi connectivity index (χ4v) is 1.98. The Morgan fingerprint density at radius 1 is 1.10 bits per heavy atom. The van der Waals surface area contributed by atoms with Crippen LogP contribution in [0.15, 0.2) is 40.1 Å². The number of benzene rings is 1. The standard InChI is InChI=1S/C14H16FN3O2/c1-17-9-11(13(19)18(2)14(17)20)8-16-7-10-5-3-4-6-12(10)15/h3-6,9,16H,7-8H2,1-2H3. The van der Waals surface area contributed by atoms with Gasteiger partial charge < -0.3 is 9.88 Å². The van der Waals surface area contributed by atoms with Gasteiger partial charge in [-0.05, 0) is 6.07 Å². The Kier molecular flexibility index (Phi) is 4.14. The maximum Gasteiger partial charge on any atom is 0.330 e. The van der Waals surface area contributed by atoms with Gasteiger partial charge in [-0.15, -0.1) is 0 Å². The fraction of sp³-hybridized carbons (Fsp3) is 0.286. The molecule has 6 heteroatoms. The average molecular weight is 277 g/mol. The number of aromatic nitrogens is 2. The van der Waals surface area contributed by atoms with Crippen LogP contribution in [0.4, 0.5) is 4.39 Å². The molecule has 0 aliphatic rings. The van der Waals surface area contributed by atoms with E-state index < -0.39 is 0 Å². The lowest BCUT2D eigenvalue weighted by atomic mass is 10.2. The number of halogens is 1. The van der Waals surface area contributed by atoms with E-state index in [0.717, 1.165) is 4.57 Å². The van der Waals surface area contributed by atoms with E-state index >= 15 is 0 Å².